The number of amides is 1. The van der Waals surface area contributed by atoms with Crippen molar-refractivity contribution < 1.29 is 23.0 Å². The van der Waals surface area contributed by atoms with E-state index < -0.39 is 12.5 Å². The van der Waals surface area contributed by atoms with Gasteiger partial charge in [-0.3, -0.25) is 4.79 Å². The molecule has 2 aromatic carbocycles. The van der Waals surface area contributed by atoms with E-state index in [4.69, 9.17) is 4.74 Å². The molecule has 4 nitrogen and oxygen atoms in total. The average molecular weight is 373 g/mol. The molecule has 1 aliphatic rings. The lowest BCUT2D eigenvalue weighted by Crippen LogP contribution is -2.34. The molecule has 0 aliphatic carbocycles. The van der Waals surface area contributed by atoms with Crippen molar-refractivity contribution in [3.05, 3.63) is 66.2 Å². The summed E-state index contributed by atoms with van der Waals surface area (Å²) in [6.07, 6.45) is -1.48. The SMILES string of the molecule is C=CC(=O)N1CCc2ccc(Oc3ccc(OC(F)(F)CC)cc3)cc2C1. The van der Waals surface area contributed by atoms with Gasteiger partial charge >= 0.3 is 6.11 Å². The largest absolute Gasteiger partial charge is 0.457 e. The third-order valence-corrected chi connectivity index (χ3v) is 4.41. The van der Waals surface area contributed by atoms with E-state index in [1.54, 1.807) is 17.0 Å². The number of nitrogens with zero attached hydrogens (tertiary/aromatic N) is 1. The highest BCUT2D eigenvalue weighted by Crippen LogP contribution is 2.30. The molecule has 0 saturated heterocycles. The fourth-order valence-corrected chi connectivity index (χ4v) is 2.87. The number of hydrogen-bond donors (Lipinski definition) is 0. The molecule has 0 spiro atoms. The van der Waals surface area contributed by atoms with Crippen molar-refractivity contribution in [1.82, 2.24) is 4.90 Å². The minimum Gasteiger partial charge on any atom is -0.457 e. The molecule has 6 heteroatoms. The van der Waals surface area contributed by atoms with E-state index in [1.807, 2.05) is 18.2 Å². The first kappa shape index (κ1) is 18.9. The fraction of sp³-hybridized carbons (Fsp3) is 0.286. The Morgan fingerprint density at radius 3 is 2.48 bits per heavy atom. The molecule has 0 unspecified atom stereocenters. The monoisotopic (exact) mass is 373 g/mol. The Kier molecular flexibility index (Phi) is 5.44. The molecule has 0 radical (unpaired) electrons. The van der Waals surface area contributed by atoms with Crippen molar-refractivity contribution in [2.24, 2.45) is 0 Å². The Hall–Kier alpha value is -2.89. The molecule has 3 rings (SSSR count). The predicted octanol–water partition coefficient (Wildman–Crippen LogP) is 4.93. The van der Waals surface area contributed by atoms with Gasteiger partial charge in [0.05, 0.1) is 0 Å². The number of fused-ring (bicyclic) bond motifs is 1. The summed E-state index contributed by atoms with van der Waals surface area (Å²) >= 11 is 0. The molecule has 0 saturated carbocycles. The van der Waals surface area contributed by atoms with Gasteiger partial charge < -0.3 is 14.4 Å². The lowest BCUT2D eigenvalue weighted by Gasteiger charge is -2.28. The predicted molar refractivity (Wildman–Crippen MR) is 98.1 cm³/mol. The normalized spacial score (nSPS) is 13.7. The van der Waals surface area contributed by atoms with Crippen LogP contribution in [0, 0.1) is 0 Å². The van der Waals surface area contributed by atoms with E-state index in [-0.39, 0.29) is 11.7 Å². The third-order valence-electron chi connectivity index (χ3n) is 4.41. The van der Waals surface area contributed by atoms with Gasteiger partial charge in [-0.15, -0.1) is 0 Å². The molecule has 0 fully saturated rings. The molecule has 1 heterocycles. The first-order valence-corrected chi connectivity index (χ1v) is 8.78. The van der Waals surface area contributed by atoms with Gasteiger partial charge in [0.15, 0.2) is 0 Å². The Bertz CT molecular complexity index is 834. The number of carbonyl (C=O) groups excluding carboxylic acids is 1. The summed E-state index contributed by atoms with van der Waals surface area (Å²) in [6, 6.07) is 11.8. The molecule has 0 atom stereocenters. The molecule has 1 aliphatic heterocycles. The first-order valence-electron chi connectivity index (χ1n) is 8.78. The molecule has 0 aromatic heterocycles. The summed E-state index contributed by atoms with van der Waals surface area (Å²) in [6.45, 7) is 6.06. The highest BCUT2D eigenvalue weighted by atomic mass is 19.3. The number of alkyl halides is 2. The molecule has 1 amide bonds. The average Bonchev–Trinajstić information content (AvgIpc) is 2.68. The maximum atomic E-state index is 13.3. The van der Waals surface area contributed by atoms with Crippen molar-refractivity contribution in [1.29, 1.82) is 0 Å². The van der Waals surface area contributed by atoms with Crippen LogP contribution in [0.3, 0.4) is 0 Å². The number of halogens is 2. The van der Waals surface area contributed by atoms with Gasteiger partial charge in [-0.05, 0) is 60.0 Å². The van der Waals surface area contributed by atoms with Crippen LogP contribution >= 0.6 is 0 Å². The number of rotatable bonds is 6. The fourth-order valence-electron chi connectivity index (χ4n) is 2.87. The molecule has 2 aromatic rings. The topological polar surface area (TPSA) is 38.8 Å². The van der Waals surface area contributed by atoms with E-state index >= 15 is 0 Å². The molecule has 142 valence electrons. The van der Waals surface area contributed by atoms with Crippen molar-refractivity contribution in [2.45, 2.75) is 32.4 Å². The van der Waals surface area contributed by atoms with Crippen LogP contribution < -0.4 is 9.47 Å². The van der Waals surface area contributed by atoms with Crippen LogP contribution in [0.15, 0.2) is 55.1 Å². The summed E-state index contributed by atoms with van der Waals surface area (Å²) in [5, 5.41) is 0. The standard InChI is InChI=1S/C21H21F2NO3/c1-3-20(25)24-12-11-15-5-6-19(13-16(15)14-24)26-17-7-9-18(10-8-17)27-21(22,23)4-2/h3,5-10,13H,1,4,11-12,14H2,2H3. The maximum Gasteiger partial charge on any atom is 0.397 e. The van der Waals surface area contributed by atoms with E-state index in [0.29, 0.717) is 24.6 Å². The van der Waals surface area contributed by atoms with Crippen LogP contribution in [0.25, 0.3) is 0 Å². The second-order valence-electron chi connectivity index (χ2n) is 6.31. The Morgan fingerprint density at radius 1 is 1.15 bits per heavy atom. The van der Waals surface area contributed by atoms with E-state index in [1.165, 1.54) is 30.7 Å². The quantitative estimate of drug-likeness (QED) is 0.674. The van der Waals surface area contributed by atoms with Crippen LogP contribution in [0.5, 0.6) is 17.2 Å². The summed E-state index contributed by atoms with van der Waals surface area (Å²) < 4.78 is 37.0. The molecule has 0 bridgehead atoms. The smallest absolute Gasteiger partial charge is 0.397 e. The zero-order valence-corrected chi connectivity index (χ0v) is 15.1. The lowest BCUT2D eigenvalue weighted by atomic mass is 9.99. The van der Waals surface area contributed by atoms with Gasteiger partial charge in [0.2, 0.25) is 5.91 Å². The van der Waals surface area contributed by atoms with Crippen LogP contribution in [-0.2, 0) is 17.8 Å². The van der Waals surface area contributed by atoms with Gasteiger partial charge in [-0.2, -0.15) is 8.78 Å². The van der Waals surface area contributed by atoms with Crippen molar-refractivity contribution in [3.8, 4) is 17.2 Å². The maximum absolute atomic E-state index is 13.3. The van der Waals surface area contributed by atoms with Gasteiger partial charge in [0, 0.05) is 19.5 Å². The molecule has 27 heavy (non-hydrogen) atoms. The Morgan fingerprint density at radius 2 is 1.81 bits per heavy atom. The van der Waals surface area contributed by atoms with Gasteiger partial charge in [0.1, 0.15) is 17.2 Å². The number of hydrogen-bond acceptors (Lipinski definition) is 3. The van der Waals surface area contributed by atoms with E-state index in [0.717, 1.165) is 12.0 Å². The summed E-state index contributed by atoms with van der Waals surface area (Å²) in [5.74, 6) is 1.12. The first-order chi connectivity index (χ1) is 12.9. The minimum atomic E-state index is -3.18. The highest BCUT2D eigenvalue weighted by molar-refractivity contribution is 5.87. The van der Waals surface area contributed by atoms with Crippen molar-refractivity contribution >= 4 is 5.91 Å². The zero-order chi connectivity index (χ0) is 19.4. The molecular weight excluding hydrogens is 352 g/mol. The van der Waals surface area contributed by atoms with E-state index in [9.17, 15) is 13.6 Å². The van der Waals surface area contributed by atoms with Gasteiger partial charge in [-0.1, -0.05) is 19.6 Å². The lowest BCUT2D eigenvalue weighted by molar-refractivity contribution is -0.177. The van der Waals surface area contributed by atoms with Gasteiger partial charge in [0.25, 0.3) is 0 Å². The van der Waals surface area contributed by atoms with Crippen molar-refractivity contribution in [2.75, 3.05) is 6.54 Å². The van der Waals surface area contributed by atoms with Crippen molar-refractivity contribution in [3.63, 3.8) is 0 Å². The van der Waals surface area contributed by atoms with Crippen LogP contribution in [0.4, 0.5) is 8.78 Å². The Labute approximate surface area is 157 Å². The number of carbonyl (C=O) groups is 1. The Balaban J connectivity index is 1.70. The second-order valence-corrected chi connectivity index (χ2v) is 6.31. The highest BCUT2D eigenvalue weighted by Gasteiger charge is 2.28. The van der Waals surface area contributed by atoms with Gasteiger partial charge in [-0.25, -0.2) is 0 Å². The minimum absolute atomic E-state index is 0.0817. The van der Waals surface area contributed by atoms with Crippen LogP contribution in [-0.4, -0.2) is 23.5 Å². The zero-order valence-electron chi connectivity index (χ0n) is 15.1. The number of ether oxygens (including phenoxy) is 2. The summed E-state index contributed by atoms with van der Waals surface area (Å²) in [4.78, 5) is 13.6. The molecular formula is C21H21F2NO3. The number of benzene rings is 2. The van der Waals surface area contributed by atoms with Crippen LogP contribution in [0.1, 0.15) is 24.5 Å². The van der Waals surface area contributed by atoms with Crippen LogP contribution in [0.2, 0.25) is 0 Å². The van der Waals surface area contributed by atoms with E-state index in [2.05, 4.69) is 11.3 Å². The summed E-state index contributed by atoms with van der Waals surface area (Å²) in [7, 11) is 0. The second kappa shape index (κ2) is 7.78. The molecule has 0 N–H and O–H groups in total. The third kappa shape index (κ3) is 4.64. The summed E-state index contributed by atoms with van der Waals surface area (Å²) in [5.41, 5.74) is 2.21.